The number of benzene rings is 1. The number of hydrogen-bond acceptors (Lipinski definition) is 2. The third-order valence-corrected chi connectivity index (χ3v) is 4.71. The van der Waals surface area contributed by atoms with Crippen molar-refractivity contribution in [2.45, 2.75) is 38.6 Å². The summed E-state index contributed by atoms with van der Waals surface area (Å²) in [4.78, 5) is 13.3. The van der Waals surface area contributed by atoms with Crippen molar-refractivity contribution in [1.82, 2.24) is 0 Å². The molecule has 1 fully saturated rings. The van der Waals surface area contributed by atoms with E-state index < -0.39 is 5.97 Å². The number of rotatable bonds is 3. The van der Waals surface area contributed by atoms with Gasteiger partial charge in [0, 0.05) is 17.6 Å². The second-order valence-electron chi connectivity index (χ2n) is 5.41. The lowest BCUT2D eigenvalue weighted by molar-refractivity contribution is -0.142. The van der Waals surface area contributed by atoms with Crippen molar-refractivity contribution >= 4 is 27.6 Å². The first-order valence-corrected chi connectivity index (χ1v) is 7.50. The zero-order valence-corrected chi connectivity index (χ0v) is 13.0. The molecule has 2 rings (SSSR count). The van der Waals surface area contributed by atoms with Crippen LogP contribution < -0.4 is 4.90 Å². The summed E-state index contributed by atoms with van der Waals surface area (Å²) in [7, 11) is 2.10. The molecule has 3 nitrogen and oxygen atoms in total. The first kappa shape index (κ1) is 14.4. The highest BCUT2D eigenvalue weighted by Crippen LogP contribution is 2.33. The Bertz CT molecular complexity index is 467. The number of aryl methyl sites for hydroxylation is 1. The molecule has 0 aromatic heterocycles. The van der Waals surface area contributed by atoms with Gasteiger partial charge in [-0.1, -0.05) is 6.07 Å². The van der Waals surface area contributed by atoms with Crippen molar-refractivity contribution in [2.75, 3.05) is 11.9 Å². The lowest BCUT2D eigenvalue weighted by Crippen LogP contribution is -2.36. The summed E-state index contributed by atoms with van der Waals surface area (Å²) < 4.78 is 1.11. The second-order valence-corrected chi connectivity index (χ2v) is 6.26. The molecule has 0 atom stereocenters. The minimum absolute atomic E-state index is 0.147. The van der Waals surface area contributed by atoms with E-state index in [1.165, 1.54) is 11.3 Å². The molecule has 0 saturated heterocycles. The highest BCUT2D eigenvalue weighted by atomic mass is 79.9. The van der Waals surface area contributed by atoms with E-state index in [0.717, 1.165) is 30.2 Å². The lowest BCUT2D eigenvalue weighted by Gasteiger charge is -2.35. The van der Waals surface area contributed by atoms with E-state index in [0.29, 0.717) is 6.04 Å². The van der Waals surface area contributed by atoms with E-state index in [1.54, 1.807) is 0 Å². The van der Waals surface area contributed by atoms with Gasteiger partial charge in [-0.15, -0.1) is 0 Å². The molecule has 0 amide bonds. The number of carboxylic acid groups (broad SMARTS) is 1. The van der Waals surface area contributed by atoms with Crippen LogP contribution in [0.4, 0.5) is 5.69 Å². The van der Waals surface area contributed by atoms with Crippen molar-refractivity contribution in [3.8, 4) is 0 Å². The molecule has 0 heterocycles. The van der Waals surface area contributed by atoms with Gasteiger partial charge in [0.25, 0.3) is 0 Å². The van der Waals surface area contributed by atoms with Crippen molar-refractivity contribution in [1.29, 1.82) is 0 Å². The zero-order valence-electron chi connectivity index (χ0n) is 11.4. The molecule has 1 aliphatic rings. The molecule has 19 heavy (non-hydrogen) atoms. The third kappa shape index (κ3) is 3.30. The van der Waals surface area contributed by atoms with Gasteiger partial charge >= 0.3 is 5.97 Å². The van der Waals surface area contributed by atoms with Crippen LogP contribution >= 0.6 is 15.9 Å². The normalized spacial score (nSPS) is 23.1. The largest absolute Gasteiger partial charge is 0.481 e. The topological polar surface area (TPSA) is 40.5 Å². The predicted molar refractivity (Wildman–Crippen MR) is 80.7 cm³/mol. The van der Waals surface area contributed by atoms with Gasteiger partial charge in [0.15, 0.2) is 0 Å². The Balaban J connectivity index is 2.05. The second kappa shape index (κ2) is 5.95. The number of carboxylic acids is 1. The Morgan fingerprint density at radius 3 is 2.47 bits per heavy atom. The van der Waals surface area contributed by atoms with Crippen molar-refractivity contribution in [2.24, 2.45) is 5.92 Å². The van der Waals surface area contributed by atoms with Crippen molar-refractivity contribution in [3.63, 3.8) is 0 Å². The van der Waals surface area contributed by atoms with Gasteiger partial charge in [0.05, 0.1) is 11.6 Å². The van der Waals surface area contributed by atoms with Crippen LogP contribution in [-0.4, -0.2) is 24.2 Å². The van der Waals surface area contributed by atoms with Crippen LogP contribution in [0.3, 0.4) is 0 Å². The first-order valence-electron chi connectivity index (χ1n) is 6.71. The summed E-state index contributed by atoms with van der Waals surface area (Å²) in [6.45, 7) is 2.08. The van der Waals surface area contributed by atoms with E-state index in [9.17, 15) is 4.79 Å². The molecule has 1 aliphatic carbocycles. The maximum Gasteiger partial charge on any atom is 0.306 e. The van der Waals surface area contributed by atoms with Gasteiger partial charge in [0.1, 0.15) is 0 Å². The molecule has 1 saturated carbocycles. The monoisotopic (exact) mass is 325 g/mol. The Morgan fingerprint density at radius 2 is 1.95 bits per heavy atom. The van der Waals surface area contributed by atoms with Crippen LogP contribution in [-0.2, 0) is 4.79 Å². The molecule has 0 aliphatic heterocycles. The Hall–Kier alpha value is -1.03. The highest BCUT2D eigenvalue weighted by Gasteiger charge is 2.28. The molecule has 0 spiro atoms. The van der Waals surface area contributed by atoms with Gasteiger partial charge < -0.3 is 10.0 Å². The van der Waals surface area contributed by atoms with Gasteiger partial charge in [-0.3, -0.25) is 4.79 Å². The average Bonchev–Trinajstić information content (AvgIpc) is 2.38. The maximum absolute atomic E-state index is 11.0. The lowest BCUT2D eigenvalue weighted by atomic mass is 9.85. The molecule has 0 unspecified atom stereocenters. The standard InChI is InChI=1S/C15H20BrNO2/c1-10-3-8-14(13(16)9-10)17(2)12-6-4-11(5-7-12)15(18)19/h3,8-9,11-12H,4-7H2,1-2H3,(H,18,19). The van der Waals surface area contributed by atoms with Crippen LogP contribution in [0.15, 0.2) is 22.7 Å². The van der Waals surface area contributed by atoms with Crippen molar-refractivity contribution in [3.05, 3.63) is 28.2 Å². The summed E-state index contributed by atoms with van der Waals surface area (Å²) >= 11 is 3.61. The fourth-order valence-corrected chi connectivity index (χ4v) is 3.58. The van der Waals surface area contributed by atoms with Crippen LogP contribution in [0.25, 0.3) is 0 Å². The summed E-state index contributed by atoms with van der Waals surface area (Å²) in [5, 5.41) is 9.03. The summed E-state index contributed by atoms with van der Waals surface area (Å²) in [6.07, 6.45) is 3.48. The Kier molecular flexibility index (Phi) is 4.50. The molecule has 0 radical (unpaired) electrons. The molecule has 1 aromatic carbocycles. The van der Waals surface area contributed by atoms with Crippen LogP contribution in [0.1, 0.15) is 31.2 Å². The maximum atomic E-state index is 11.0. The smallest absolute Gasteiger partial charge is 0.306 e. The number of aliphatic carboxylic acids is 1. The van der Waals surface area contributed by atoms with E-state index >= 15 is 0 Å². The first-order chi connectivity index (χ1) is 8.99. The minimum Gasteiger partial charge on any atom is -0.481 e. The fourth-order valence-electron chi connectivity index (χ4n) is 2.80. The number of hydrogen-bond donors (Lipinski definition) is 1. The average molecular weight is 326 g/mol. The number of anilines is 1. The number of halogens is 1. The minimum atomic E-state index is -0.641. The molecular weight excluding hydrogens is 306 g/mol. The number of nitrogens with zero attached hydrogens (tertiary/aromatic N) is 1. The van der Waals surface area contributed by atoms with Gasteiger partial charge in [-0.2, -0.15) is 0 Å². The highest BCUT2D eigenvalue weighted by molar-refractivity contribution is 9.10. The molecule has 104 valence electrons. The van der Waals surface area contributed by atoms with Gasteiger partial charge in [0.2, 0.25) is 0 Å². The van der Waals surface area contributed by atoms with Crippen LogP contribution in [0.5, 0.6) is 0 Å². The van der Waals surface area contributed by atoms with Crippen molar-refractivity contribution < 1.29 is 9.90 Å². The SMILES string of the molecule is Cc1ccc(N(C)C2CCC(C(=O)O)CC2)c(Br)c1. The molecule has 0 bridgehead atoms. The van der Waals surface area contributed by atoms with Gasteiger partial charge in [-0.25, -0.2) is 0 Å². The third-order valence-electron chi connectivity index (χ3n) is 4.08. The molecule has 1 aromatic rings. The summed E-state index contributed by atoms with van der Waals surface area (Å²) in [5.41, 5.74) is 2.42. The van der Waals surface area contributed by atoms with E-state index in [2.05, 4.69) is 53.0 Å². The van der Waals surface area contributed by atoms with Gasteiger partial charge in [-0.05, 0) is 66.2 Å². The Morgan fingerprint density at radius 1 is 1.32 bits per heavy atom. The summed E-state index contributed by atoms with van der Waals surface area (Å²) in [5.74, 6) is -0.788. The predicted octanol–water partition coefficient (Wildman–Crippen LogP) is 3.84. The molecule has 4 heteroatoms. The Labute approximate surface area is 122 Å². The fraction of sp³-hybridized carbons (Fsp3) is 0.533. The van der Waals surface area contributed by atoms with E-state index in [-0.39, 0.29) is 5.92 Å². The zero-order chi connectivity index (χ0) is 14.0. The quantitative estimate of drug-likeness (QED) is 0.917. The number of carbonyl (C=O) groups is 1. The summed E-state index contributed by atoms with van der Waals surface area (Å²) in [6, 6.07) is 6.80. The molecule has 1 N–H and O–H groups in total. The van der Waals surface area contributed by atoms with E-state index in [1.807, 2.05) is 0 Å². The molecular formula is C15H20BrNO2. The van der Waals surface area contributed by atoms with Crippen LogP contribution in [0.2, 0.25) is 0 Å². The van der Waals surface area contributed by atoms with Crippen LogP contribution in [0, 0.1) is 12.8 Å². The van der Waals surface area contributed by atoms with E-state index in [4.69, 9.17) is 5.11 Å².